The average molecular weight is 360 g/mol. The molecule has 2 amide bonds. The molecule has 9 nitrogen and oxygen atoms in total. The third kappa shape index (κ3) is 4.59. The molecule has 1 aliphatic heterocycles. The number of amides is 2. The first-order chi connectivity index (χ1) is 12.1. The van der Waals surface area contributed by atoms with Crippen LogP contribution in [0.4, 0.5) is 10.6 Å². The number of rotatable bonds is 5. The van der Waals surface area contributed by atoms with Crippen molar-refractivity contribution in [2.75, 3.05) is 18.1 Å². The van der Waals surface area contributed by atoms with Crippen LogP contribution in [-0.2, 0) is 4.79 Å². The maximum Gasteiger partial charge on any atom is 0.405 e. The fraction of sp³-hybridized carbons (Fsp3) is 0.588. The van der Waals surface area contributed by atoms with Crippen LogP contribution in [0.5, 0.6) is 0 Å². The maximum atomic E-state index is 13.1. The van der Waals surface area contributed by atoms with Crippen LogP contribution in [0.1, 0.15) is 39.9 Å². The Balaban J connectivity index is 2.34. The number of hydrogen-bond donors (Lipinski definition) is 2. The van der Waals surface area contributed by atoms with Crippen LogP contribution in [0.15, 0.2) is 12.3 Å². The summed E-state index contributed by atoms with van der Waals surface area (Å²) in [5.74, 6) is 0.268. The Morgan fingerprint density at radius 1 is 1.42 bits per heavy atom. The molecule has 140 valence electrons. The zero-order valence-corrected chi connectivity index (χ0v) is 15.4. The van der Waals surface area contributed by atoms with E-state index in [4.69, 9.17) is 10.4 Å². The lowest BCUT2D eigenvalue weighted by molar-refractivity contribution is -0.133. The summed E-state index contributed by atoms with van der Waals surface area (Å²) in [6, 6.07) is 2.67. The summed E-state index contributed by atoms with van der Waals surface area (Å²) >= 11 is 0. The quantitative estimate of drug-likeness (QED) is 0.818. The summed E-state index contributed by atoms with van der Waals surface area (Å²) in [5.41, 5.74) is -0.209. The Morgan fingerprint density at radius 3 is 2.69 bits per heavy atom. The molecule has 26 heavy (non-hydrogen) atoms. The first kappa shape index (κ1) is 19.4. The van der Waals surface area contributed by atoms with Crippen molar-refractivity contribution in [1.29, 1.82) is 5.26 Å². The molecule has 1 unspecified atom stereocenters. The van der Waals surface area contributed by atoms with Gasteiger partial charge in [0.1, 0.15) is 12.1 Å². The Labute approximate surface area is 152 Å². The molecule has 1 atom stereocenters. The van der Waals surface area contributed by atoms with Crippen LogP contribution >= 0.6 is 0 Å². The van der Waals surface area contributed by atoms with Crippen molar-refractivity contribution in [3.8, 4) is 6.07 Å². The van der Waals surface area contributed by atoms with Gasteiger partial charge in [0.05, 0.1) is 0 Å². The van der Waals surface area contributed by atoms with Crippen molar-refractivity contribution in [2.24, 2.45) is 11.3 Å². The molecule has 0 bridgehead atoms. The van der Waals surface area contributed by atoms with Crippen LogP contribution in [0.25, 0.3) is 0 Å². The molecular formula is C17H24N6O3. The molecule has 1 fully saturated rings. The van der Waals surface area contributed by atoms with Crippen molar-refractivity contribution in [1.82, 2.24) is 20.3 Å². The monoisotopic (exact) mass is 360 g/mol. The van der Waals surface area contributed by atoms with E-state index in [0.29, 0.717) is 25.3 Å². The minimum absolute atomic E-state index is 0.0157. The molecule has 1 aromatic rings. The van der Waals surface area contributed by atoms with E-state index in [-0.39, 0.29) is 23.1 Å². The predicted molar refractivity (Wildman–Crippen MR) is 94.0 cm³/mol. The minimum Gasteiger partial charge on any atom is -0.465 e. The van der Waals surface area contributed by atoms with Crippen molar-refractivity contribution < 1.29 is 14.7 Å². The second-order valence-corrected chi connectivity index (χ2v) is 7.60. The molecule has 0 spiro atoms. The molecule has 0 aliphatic carbocycles. The standard InChI is InChI=1S/C17H24N6O3/c1-11(2)7-12(20-16(25)26)15(24)23-10-17(3,4)9-22(23)14-5-6-19-13(8-18)21-14/h5-6,11-12,20H,7,9-10H2,1-4H3,(H,25,26). The van der Waals surface area contributed by atoms with Crippen molar-refractivity contribution >= 4 is 17.8 Å². The fourth-order valence-electron chi connectivity index (χ4n) is 3.00. The predicted octanol–water partition coefficient (Wildman–Crippen LogP) is 1.62. The molecule has 2 rings (SSSR count). The van der Waals surface area contributed by atoms with E-state index in [1.165, 1.54) is 11.2 Å². The van der Waals surface area contributed by atoms with E-state index in [0.717, 1.165) is 0 Å². The molecular weight excluding hydrogens is 336 g/mol. The van der Waals surface area contributed by atoms with Gasteiger partial charge in [-0.3, -0.25) is 14.8 Å². The van der Waals surface area contributed by atoms with E-state index >= 15 is 0 Å². The van der Waals surface area contributed by atoms with Crippen LogP contribution < -0.4 is 10.3 Å². The van der Waals surface area contributed by atoms with Gasteiger partial charge in [0.2, 0.25) is 5.82 Å². The summed E-state index contributed by atoms with van der Waals surface area (Å²) in [4.78, 5) is 32.2. The number of carbonyl (C=O) groups is 2. The lowest BCUT2D eigenvalue weighted by Gasteiger charge is -2.32. The van der Waals surface area contributed by atoms with E-state index in [1.54, 1.807) is 11.1 Å². The summed E-state index contributed by atoms with van der Waals surface area (Å²) in [5, 5.41) is 23.6. The lowest BCUT2D eigenvalue weighted by atomic mass is 9.95. The van der Waals surface area contributed by atoms with Crippen LogP contribution in [0.2, 0.25) is 0 Å². The zero-order valence-electron chi connectivity index (χ0n) is 15.4. The van der Waals surface area contributed by atoms with Gasteiger partial charge in [-0.25, -0.2) is 9.78 Å². The number of nitrogens with one attached hydrogen (secondary N) is 1. The molecule has 2 heterocycles. The van der Waals surface area contributed by atoms with Gasteiger partial charge < -0.3 is 10.4 Å². The van der Waals surface area contributed by atoms with E-state index in [2.05, 4.69) is 15.3 Å². The second kappa shape index (κ2) is 7.56. The number of hydrazine groups is 1. The SMILES string of the molecule is CC(C)CC(NC(=O)O)C(=O)N1CC(C)(C)CN1c1ccnc(C#N)n1. The van der Waals surface area contributed by atoms with Crippen LogP contribution in [0, 0.1) is 22.7 Å². The minimum atomic E-state index is -1.23. The first-order valence-corrected chi connectivity index (χ1v) is 8.44. The number of hydrogen-bond acceptors (Lipinski definition) is 6. The molecule has 0 saturated carbocycles. The molecule has 0 radical (unpaired) electrons. The smallest absolute Gasteiger partial charge is 0.405 e. The largest absolute Gasteiger partial charge is 0.465 e. The first-order valence-electron chi connectivity index (χ1n) is 8.44. The highest BCUT2D eigenvalue weighted by atomic mass is 16.4. The van der Waals surface area contributed by atoms with Crippen LogP contribution in [0.3, 0.4) is 0 Å². The molecule has 2 N–H and O–H groups in total. The van der Waals surface area contributed by atoms with Gasteiger partial charge in [-0.1, -0.05) is 27.7 Å². The Bertz CT molecular complexity index is 727. The number of nitriles is 1. The molecule has 1 saturated heterocycles. The Kier molecular flexibility index (Phi) is 5.65. The highest BCUT2D eigenvalue weighted by molar-refractivity contribution is 5.86. The molecule has 1 aromatic heterocycles. The molecule has 0 aromatic carbocycles. The normalized spacial score (nSPS) is 17.1. The van der Waals surface area contributed by atoms with Crippen molar-refractivity contribution in [3.05, 3.63) is 18.1 Å². The number of aromatic nitrogens is 2. The Morgan fingerprint density at radius 2 is 2.12 bits per heavy atom. The van der Waals surface area contributed by atoms with Gasteiger partial charge >= 0.3 is 6.09 Å². The highest BCUT2D eigenvalue weighted by Gasteiger charge is 2.42. The van der Waals surface area contributed by atoms with E-state index < -0.39 is 12.1 Å². The van der Waals surface area contributed by atoms with Gasteiger partial charge in [-0.2, -0.15) is 10.2 Å². The third-order valence-corrected chi connectivity index (χ3v) is 4.01. The zero-order chi connectivity index (χ0) is 19.5. The Hall–Kier alpha value is -2.89. The van der Waals surface area contributed by atoms with Gasteiger partial charge in [0, 0.05) is 30.8 Å². The molecule has 9 heteroatoms. The number of nitrogens with zero attached hydrogens (tertiary/aromatic N) is 5. The summed E-state index contributed by atoms with van der Waals surface area (Å²) in [6.07, 6.45) is 0.627. The number of anilines is 1. The second-order valence-electron chi connectivity index (χ2n) is 7.60. The number of carboxylic acid groups (broad SMARTS) is 1. The third-order valence-electron chi connectivity index (χ3n) is 4.01. The summed E-state index contributed by atoms with van der Waals surface area (Å²) in [6.45, 7) is 8.83. The summed E-state index contributed by atoms with van der Waals surface area (Å²) in [7, 11) is 0. The number of carbonyl (C=O) groups excluding carboxylic acids is 1. The van der Waals surface area contributed by atoms with Crippen molar-refractivity contribution in [3.63, 3.8) is 0 Å². The fourth-order valence-corrected chi connectivity index (χ4v) is 3.00. The van der Waals surface area contributed by atoms with Crippen molar-refractivity contribution in [2.45, 2.75) is 40.2 Å². The maximum absolute atomic E-state index is 13.1. The highest BCUT2D eigenvalue weighted by Crippen LogP contribution is 2.32. The average Bonchev–Trinajstić information content (AvgIpc) is 2.88. The molecule has 1 aliphatic rings. The van der Waals surface area contributed by atoms with Gasteiger partial charge in [0.15, 0.2) is 5.82 Å². The van der Waals surface area contributed by atoms with Gasteiger partial charge in [-0.05, 0) is 12.3 Å². The van der Waals surface area contributed by atoms with E-state index in [9.17, 15) is 9.59 Å². The van der Waals surface area contributed by atoms with Gasteiger partial charge in [0.25, 0.3) is 5.91 Å². The van der Waals surface area contributed by atoms with E-state index in [1.807, 2.05) is 33.8 Å². The topological polar surface area (TPSA) is 122 Å². The van der Waals surface area contributed by atoms with Gasteiger partial charge in [-0.15, -0.1) is 0 Å². The van der Waals surface area contributed by atoms with Crippen LogP contribution in [-0.4, -0.2) is 51.2 Å². The lowest BCUT2D eigenvalue weighted by Crippen LogP contribution is -2.52. The summed E-state index contributed by atoms with van der Waals surface area (Å²) < 4.78 is 0.